The summed E-state index contributed by atoms with van der Waals surface area (Å²) in [6.07, 6.45) is 1.64. The van der Waals surface area contributed by atoms with Crippen LogP contribution in [0.25, 0.3) is 16.9 Å². The topological polar surface area (TPSA) is 70.8 Å². The normalized spacial score (nSPS) is 13.9. The lowest BCUT2D eigenvalue weighted by Gasteiger charge is -2.35. The summed E-state index contributed by atoms with van der Waals surface area (Å²) in [4.78, 5) is 39.0. The molecule has 1 aliphatic rings. The molecule has 0 bridgehead atoms. The van der Waals surface area contributed by atoms with E-state index in [0.717, 1.165) is 0 Å². The van der Waals surface area contributed by atoms with Gasteiger partial charge in [0.05, 0.1) is 6.20 Å². The van der Waals surface area contributed by atoms with Gasteiger partial charge in [0.1, 0.15) is 17.3 Å². The molecule has 0 spiro atoms. The molecule has 0 unspecified atom stereocenters. The lowest BCUT2D eigenvalue weighted by Crippen LogP contribution is -2.49. The molecule has 5 rings (SSSR count). The number of carbonyl (C=O) groups excluding carboxylic acids is 1. The van der Waals surface area contributed by atoms with Crippen molar-refractivity contribution in [1.29, 1.82) is 0 Å². The Hall–Kier alpha value is -3.78. The van der Waals surface area contributed by atoms with E-state index in [2.05, 4.69) is 4.98 Å². The fourth-order valence-electron chi connectivity index (χ4n) is 4.24. The second kappa shape index (κ2) is 9.11. The standard InChI is InChI=1S/C26H23ClFN5O2/c1-16-17(2)29-24-23(20-9-8-19(27)14-21(20)28)30-22(15-33(24)25(16)34)31-10-12-32(13-11-31)26(35)18-6-4-3-5-7-18/h3-9,14-15H,10-13H2,1-2H3. The zero-order valence-electron chi connectivity index (χ0n) is 19.3. The average molecular weight is 492 g/mol. The number of carbonyl (C=O) groups is 1. The number of halogens is 2. The number of rotatable bonds is 3. The molecule has 0 atom stereocenters. The van der Waals surface area contributed by atoms with Crippen LogP contribution in [-0.2, 0) is 0 Å². The fraction of sp³-hybridized carbons (Fsp3) is 0.231. The Morgan fingerprint density at radius 2 is 1.71 bits per heavy atom. The molecule has 0 N–H and O–H groups in total. The number of amides is 1. The van der Waals surface area contributed by atoms with Gasteiger partial charge in [-0.25, -0.2) is 14.4 Å². The quantitative estimate of drug-likeness (QED) is 0.431. The summed E-state index contributed by atoms with van der Waals surface area (Å²) in [5, 5.41) is 0.267. The number of hydrogen-bond donors (Lipinski definition) is 0. The third-order valence-corrected chi connectivity index (χ3v) is 6.60. The Morgan fingerprint density at radius 1 is 1.00 bits per heavy atom. The minimum absolute atomic E-state index is 0.0211. The van der Waals surface area contributed by atoms with E-state index in [1.54, 1.807) is 49.2 Å². The molecule has 1 aliphatic heterocycles. The first-order valence-electron chi connectivity index (χ1n) is 11.3. The monoisotopic (exact) mass is 491 g/mol. The van der Waals surface area contributed by atoms with Crippen LogP contribution in [0, 0.1) is 19.7 Å². The number of fused-ring (bicyclic) bond motifs is 1. The van der Waals surface area contributed by atoms with Crippen LogP contribution >= 0.6 is 11.6 Å². The third kappa shape index (κ3) is 4.25. The van der Waals surface area contributed by atoms with Gasteiger partial charge in [0, 0.05) is 53.6 Å². The Morgan fingerprint density at radius 3 is 2.40 bits per heavy atom. The number of aromatic nitrogens is 3. The van der Waals surface area contributed by atoms with Crippen LogP contribution in [0.15, 0.2) is 59.5 Å². The van der Waals surface area contributed by atoms with Crippen LogP contribution in [0.5, 0.6) is 0 Å². The van der Waals surface area contributed by atoms with E-state index in [1.807, 2.05) is 23.1 Å². The van der Waals surface area contributed by atoms with Crippen molar-refractivity contribution in [1.82, 2.24) is 19.3 Å². The summed E-state index contributed by atoms with van der Waals surface area (Å²) in [5.41, 5.74) is 2.24. The van der Waals surface area contributed by atoms with Gasteiger partial charge in [0.25, 0.3) is 11.5 Å². The molecule has 1 amide bonds. The number of anilines is 1. The van der Waals surface area contributed by atoms with Gasteiger partial charge in [-0.1, -0.05) is 29.8 Å². The van der Waals surface area contributed by atoms with Gasteiger partial charge in [0.15, 0.2) is 5.65 Å². The number of hydrogen-bond acceptors (Lipinski definition) is 5. The highest BCUT2D eigenvalue weighted by Gasteiger charge is 2.25. The van der Waals surface area contributed by atoms with Crippen LogP contribution in [0.4, 0.5) is 10.2 Å². The van der Waals surface area contributed by atoms with Crippen molar-refractivity contribution in [3.8, 4) is 11.3 Å². The van der Waals surface area contributed by atoms with Crippen LogP contribution in [0.3, 0.4) is 0 Å². The van der Waals surface area contributed by atoms with Gasteiger partial charge in [-0.05, 0) is 44.2 Å². The van der Waals surface area contributed by atoms with Crippen LogP contribution in [0.2, 0.25) is 5.02 Å². The predicted octanol–water partition coefficient (Wildman–Crippen LogP) is 4.13. The van der Waals surface area contributed by atoms with E-state index >= 15 is 0 Å². The molecule has 2 aromatic carbocycles. The van der Waals surface area contributed by atoms with E-state index in [-0.39, 0.29) is 33.4 Å². The number of nitrogens with zero attached hydrogens (tertiary/aromatic N) is 5. The summed E-state index contributed by atoms with van der Waals surface area (Å²) in [6, 6.07) is 13.5. The second-order valence-corrected chi connectivity index (χ2v) is 8.97. The first-order chi connectivity index (χ1) is 16.8. The zero-order chi connectivity index (χ0) is 24.7. The molecule has 0 aliphatic carbocycles. The Bertz CT molecular complexity index is 1500. The third-order valence-electron chi connectivity index (χ3n) is 6.36. The van der Waals surface area contributed by atoms with Crippen molar-refractivity contribution in [2.45, 2.75) is 13.8 Å². The summed E-state index contributed by atoms with van der Waals surface area (Å²) in [7, 11) is 0. The molecule has 9 heteroatoms. The zero-order valence-corrected chi connectivity index (χ0v) is 20.1. The molecule has 1 saturated heterocycles. The molecule has 3 heterocycles. The predicted molar refractivity (Wildman–Crippen MR) is 134 cm³/mol. The van der Waals surface area contributed by atoms with Gasteiger partial charge in [0.2, 0.25) is 0 Å². The Kier molecular flexibility index (Phi) is 5.98. The number of benzene rings is 2. The van der Waals surface area contributed by atoms with Crippen molar-refractivity contribution in [3.05, 3.63) is 92.7 Å². The molecular formula is C26H23ClFN5O2. The summed E-state index contributed by atoms with van der Waals surface area (Å²) in [6.45, 7) is 5.50. The highest BCUT2D eigenvalue weighted by molar-refractivity contribution is 6.30. The van der Waals surface area contributed by atoms with E-state index < -0.39 is 5.82 Å². The van der Waals surface area contributed by atoms with Gasteiger partial charge < -0.3 is 9.80 Å². The Balaban J connectivity index is 1.54. The molecule has 178 valence electrons. The van der Waals surface area contributed by atoms with Crippen LogP contribution in [0.1, 0.15) is 21.6 Å². The van der Waals surface area contributed by atoms with Gasteiger partial charge >= 0.3 is 0 Å². The Labute approximate surface area is 206 Å². The molecule has 2 aromatic heterocycles. The summed E-state index contributed by atoms with van der Waals surface area (Å²) >= 11 is 5.96. The van der Waals surface area contributed by atoms with E-state index in [9.17, 15) is 14.0 Å². The SMILES string of the molecule is Cc1nc2c(-c3ccc(Cl)cc3F)nc(N3CCN(C(=O)c4ccccc4)CC3)cn2c(=O)c1C. The molecule has 35 heavy (non-hydrogen) atoms. The lowest BCUT2D eigenvalue weighted by atomic mass is 10.1. The number of aryl methyl sites for hydroxylation is 1. The fourth-order valence-corrected chi connectivity index (χ4v) is 4.40. The van der Waals surface area contributed by atoms with Crippen molar-refractivity contribution < 1.29 is 9.18 Å². The highest BCUT2D eigenvalue weighted by atomic mass is 35.5. The van der Waals surface area contributed by atoms with Crippen LogP contribution in [-0.4, -0.2) is 51.4 Å². The van der Waals surface area contributed by atoms with E-state index in [4.69, 9.17) is 16.6 Å². The lowest BCUT2D eigenvalue weighted by molar-refractivity contribution is 0.0746. The minimum Gasteiger partial charge on any atom is -0.352 e. The number of piperazine rings is 1. The van der Waals surface area contributed by atoms with Gasteiger partial charge in [-0.3, -0.25) is 14.0 Å². The molecular weight excluding hydrogens is 469 g/mol. The van der Waals surface area contributed by atoms with E-state index in [1.165, 1.54) is 10.5 Å². The maximum Gasteiger partial charge on any atom is 0.261 e. The average Bonchev–Trinajstić information content (AvgIpc) is 2.87. The first kappa shape index (κ1) is 23.0. The summed E-state index contributed by atoms with van der Waals surface area (Å²) in [5.74, 6) is -0.0530. The van der Waals surface area contributed by atoms with Gasteiger partial charge in [-0.2, -0.15) is 0 Å². The maximum absolute atomic E-state index is 14.9. The van der Waals surface area contributed by atoms with Crippen LogP contribution < -0.4 is 10.5 Å². The molecule has 7 nitrogen and oxygen atoms in total. The first-order valence-corrected chi connectivity index (χ1v) is 11.7. The van der Waals surface area contributed by atoms with E-state index in [0.29, 0.717) is 48.8 Å². The summed E-state index contributed by atoms with van der Waals surface area (Å²) < 4.78 is 16.3. The van der Waals surface area contributed by atoms with Crippen molar-refractivity contribution in [3.63, 3.8) is 0 Å². The smallest absolute Gasteiger partial charge is 0.261 e. The van der Waals surface area contributed by atoms with Crippen molar-refractivity contribution >= 4 is 29.0 Å². The molecule has 0 saturated carbocycles. The molecule has 0 radical (unpaired) electrons. The van der Waals surface area contributed by atoms with Gasteiger partial charge in [-0.15, -0.1) is 0 Å². The molecule has 1 fully saturated rings. The highest BCUT2D eigenvalue weighted by Crippen LogP contribution is 2.29. The maximum atomic E-state index is 14.9. The van der Waals surface area contributed by atoms with Crippen molar-refractivity contribution in [2.75, 3.05) is 31.1 Å². The largest absolute Gasteiger partial charge is 0.352 e. The minimum atomic E-state index is -0.546. The molecule has 4 aromatic rings. The second-order valence-electron chi connectivity index (χ2n) is 8.54. The van der Waals surface area contributed by atoms with Crippen molar-refractivity contribution in [2.24, 2.45) is 0 Å².